The fraction of sp³-hybridized carbons (Fsp3) is 0.160. The first-order chi connectivity index (χ1) is 15.7. The lowest BCUT2D eigenvalue weighted by Crippen LogP contribution is -2.18. The fourth-order valence-corrected chi connectivity index (χ4v) is 3.88. The van der Waals surface area contributed by atoms with Gasteiger partial charge in [0.15, 0.2) is 5.82 Å². The van der Waals surface area contributed by atoms with Crippen molar-refractivity contribution in [3.05, 3.63) is 113 Å². The molecule has 0 fully saturated rings. The van der Waals surface area contributed by atoms with Crippen LogP contribution in [0.1, 0.15) is 34.6 Å². The third kappa shape index (κ3) is 4.29. The molecule has 0 aliphatic heterocycles. The molecule has 0 atom stereocenters. The number of hydrogen-bond donors (Lipinski definition) is 1. The Hall–Kier alpha value is -3.84. The lowest BCUT2D eigenvalue weighted by Gasteiger charge is -2.14. The number of rotatable bonds is 7. The molecule has 5 aromatic rings. The van der Waals surface area contributed by atoms with E-state index in [1.807, 2.05) is 48.3 Å². The maximum atomic E-state index is 13.4. The van der Waals surface area contributed by atoms with E-state index in [2.05, 4.69) is 39.4 Å². The summed E-state index contributed by atoms with van der Waals surface area (Å²) in [5.74, 6) is 1.52. The van der Waals surface area contributed by atoms with E-state index < -0.39 is 0 Å². The van der Waals surface area contributed by atoms with Crippen LogP contribution in [0.4, 0.5) is 4.39 Å². The van der Waals surface area contributed by atoms with E-state index >= 15 is 0 Å². The van der Waals surface area contributed by atoms with E-state index in [1.165, 1.54) is 12.1 Å². The quantitative estimate of drug-likeness (QED) is 0.400. The second-order valence-electron chi connectivity index (χ2n) is 7.82. The van der Waals surface area contributed by atoms with Crippen LogP contribution in [0.3, 0.4) is 0 Å². The van der Waals surface area contributed by atoms with Crippen LogP contribution in [-0.4, -0.2) is 32.1 Å². The SMILES string of the molecule is CN(Cc1nc2ccc(F)cc2[nH]1)Cc1nc(C(c2ccccc2)c2ccccc2)no1. The van der Waals surface area contributed by atoms with Crippen LogP contribution in [0, 0.1) is 5.82 Å². The second-order valence-corrected chi connectivity index (χ2v) is 7.82. The third-order valence-electron chi connectivity index (χ3n) is 5.33. The van der Waals surface area contributed by atoms with Crippen molar-refractivity contribution in [2.75, 3.05) is 7.05 Å². The topological polar surface area (TPSA) is 70.8 Å². The summed E-state index contributed by atoms with van der Waals surface area (Å²) in [6.45, 7) is 1.00. The number of aromatic nitrogens is 4. The zero-order chi connectivity index (χ0) is 21.9. The van der Waals surface area contributed by atoms with Crippen LogP contribution in [0.5, 0.6) is 0 Å². The molecule has 6 nitrogen and oxygen atoms in total. The van der Waals surface area contributed by atoms with Crippen molar-refractivity contribution >= 4 is 11.0 Å². The number of benzene rings is 3. The number of aromatic amines is 1. The van der Waals surface area contributed by atoms with Gasteiger partial charge in [-0.15, -0.1) is 0 Å². The minimum absolute atomic E-state index is 0.106. The number of fused-ring (bicyclic) bond motifs is 1. The average molecular weight is 427 g/mol. The fourth-order valence-electron chi connectivity index (χ4n) is 3.88. The number of nitrogens with zero attached hydrogens (tertiary/aromatic N) is 4. The van der Waals surface area contributed by atoms with Crippen LogP contribution in [-0.2, 0) is 13.1 Å². The molecule has 7 heteroatoms. The molecule has 0 radical (unpaired) electrons. The zero-order valence-corrected chi connectivity index (χ0v) is 17.6. The van der Waals surface area contributed by atoms with Crippen LogP contribution < -0.4 is 0 Å². The summed E-state index contributed by atoms with van der Waals surface area (Å²) >= 11 is 0. The molecule has 0 aliphatic rings. The summed E-state index contributed by atoms with van der Waals surface area (Å²) in [5, 5.41) is 4.30. The summed E-state index contributed by atoms with van der Waals surface area (Å²) in [6.07, 6.45) is 0. The Kier molecular flexibility index (Phi) is 5.47. The molecule has 0 spiro atoms. The first kappa shape index (κ1) is 20.1. The predicted octanol–water partition coefficient (Wildman–Crippen LogP) is 4.90. The molecular formula is C25H22FN5O. The lowest BCUT2D eigenvalue weighted by atomic mass is 9.91. The number of H-pyrrole nitrogens is 1. The van der Waals surface area contributed by atoms with Gasteiger partial charge in [-0.25, -0.2) is 9.37 Å². The standard InChI is InChI=1S/C25H22FN5O/c1-31(15-22-27-20-13-12-19(26)14-21(20)28-22)16-23-29-25(30-32-23)24(17-8-4-2-5-9-17)18-10-6-3-7-11-18/h2-14,24H,15-16H2,1H3,(H,27,28). The zero-order valence-electron chi connectivity index (χ0n) is 17.6. The van der Waals surface area contributed by atoms with Crippen molar-refractivity contribution in [2.24, 2.45) is 0 Å². The van der Waals surface area contributed by atoms with Gasteiger partial charge in [-0.2, -0.15) is 4.98 Å². The van der Waals surface area contributed by atoms with Gasteiger partial charge in [-0.1, -0.05) is 65.8 Å². The number of imidazole rings is 1. The maximum absolute atomic E-state index is 13.4. The van der Waals surface area contributed by atoms with Gasteiger partial charge in [-0.05, 0) is 36.4 Å². The number of halogens is 1. The van der Waals surface area contributed by atoms with E-state index in [1.54, 1.807) is 6.07 Å². The smallest absolute Gasteiger partial charge is 0.240 e. The molecule has 0 saturated heterocycles. The van der Waals surface area contributed by atoms with E-state index in [-0.39, 0.29) is 11.7 Å². The first-order valence-electron chi connectivity index (χ1n) is 10.4. The minimum atomic E-state index is -0.286. The molecule has 0 unspecified atom stereocenters. The molecule has 0 aliphatic carbocycles. The van der Waals surface area contributed by atoms with Crippen molar-refractivity contribution in [3.8, 4) is 0 Å². The normalized spacial score (nSPS) is 11.6. The van der Waals surface area contributed by atoms with Crippen LogP contribution in [0.2, 0.25) is 0 Å². The Balaban J connectivity index is 1.34. The van der Waals surface area contributed by atoms with Crippen LogP contribution in [0.25, 0.3) is 11.0 Å². The summed E-state index contributed by atoms with van der Waals surface area (Å²) in [5.41, 5.74) is 3.63. The molecule has 160 valence electrons. The van der Waals surface area contributed by atoms with E-state index in [9.17, 15) is 4.39 Å². The van der Waals surface area contributed by atoms with Crippen LogP contribution >= 0.6 is 0 Å². The predicted molar refractivity (Wildman–Crippen MR) is 119 cm³/mol. The van der Waals surface area contributed by atoms with Crippen molar-refractivity contribution in [2.45, 2.75) is 19.0 Å². The van der Waals surface area contributed by atoms with Gasteiger partial charge in [0, 0.05) is 0 Å². The van der Waals surface area contributed by atoms with Gasteiger partial charge >= 0.3 is 0 Å². The summed E-state index contributed by atoms with van der Waals surface area (Å²) in [4.78, 5) is 14.4. The van der Waals surface area contributed by atoms with Gasteiger partial charge in [-0.3, -0.25) is 4.90 Å². The molecule has 0 saturated carbocycles. The van der Waals surface area contributed by atoms with Gasteiger partial charge in [0.25, 0.3) is 0 Å². The Morgan fingerprint density at radius 3 is 2.28 bits per heavy atom. The largest absolute Gasteiger partial charge is 0.341 e. The molecule has 0 bridgehead atoms. The van der Waals surface area contributed by atoms with Gasteiger partial charge in [0.2, 0.25) is 5.89 Å². The Morgan fingerprint density at radius 1 is 0.906 bits per heavy atom. The molecule has 2 aromatic heterocycles. The molecule has 3 aromatic carbocycles. The molecular weight excluding hydrogens is 405 g/mol. The highest BCUT2D eigenvalue weighted by Crippen LogP contribution is 2.30. The average Bonchev–Trinajstić information content (AvgIpc) is 3.41. The van der Waals surface area contributed by atoms with E-state index in [0.717, 1.165) is 22.5 Å². The highest BCUT2D eigenvalue weighted by Gasteiger charge is 2.22. The molecule has 1 N–H and O–H groups in total. The highest BCUT2D eigenvalue weighted by molar-refractivity contribution is 5.74. The maximum Gasteiger partial charge on any atom is 0.240 e. The summed E-state index contributed by atoms with van der Waals surface area (Å²) < 4.78 is 19.0. The van der Waals surface area contributed by atoms with Crippen molar-refractivity contribution < 1.29 is 8.91 Å². The van der Waals surface area contributed by atoms with Crippen LogP contribution in [0.15, 0.2) is 83.4 Å². The Labute approximate surface area is 184 Å². The minimum Gasteiger partial charge on any atom is -0.341 e. The highest BCUT2D eigenvalue weighted by atomic mass is 19.1. The summed E-state index contributed by atoms with van der Waals surface area (Å²) in [7, 11) is 1.95. The molecule has 2 heterocycles. The summed E-state index contributed by atoms with van der Waals surface area (Å²) in [6, 6.07) is 24.9. The molecule has 0 amide bonds. The van der Waals surface area contributed by atoms with Gasteiger partial charge < -0.3 is 9.51 Å². The monoisotopic (exact) mass is 427 g/mol. The molecule has 32 heavy (non-hydrogen) atoms. The van der Waals surface area contributed by atoms with E-state index in [4.69, 9.17) is 9.51 Å². The first-order valence-corrected chi connectivity index (χ1v) is 10.4. The van der Waals surface area contributed by atoms with Crippen molar-refractivity contribution in [1.82, 2.24) is 25.0 Å². The number of hydrogen-bond acceptors (Lipinski definition) is 5. The third-order valence-corrected chi connectivity index (χ3v) is 5.33. The second kappa shape index (κ2) is 8.72. The Morgan fingerprint density at radius 2 is 1.59 bits per heavy atom. The Bertz CT molecular complexity index is 1280. The van der Waals surface area contributed by atoms with Crippen molar-refractivity contribution in [3.63, 3.8) is 0 Å². The lowest BCUT2D eigenvalue weighted by molar-refractivity contribution is 0.256. The van der Waals surface area contributed by atoms with E-state index in [0.29, 0.717) is 30.3 Å². The van der Waals surface area contributed by atoms with Gasteiger partial charge in [0.1, 0.15) is 11.6 Å². The molecule has 5 rings (SSSR count). The van der Waals surface area contributed by atoms with Gasteiger partial charge in [0.05, 0.1) is 30.0 Å². The van der Waals surface area contributed by atoms with Crippen molar-refractivity contribution in [1.29, 1.82) is 0 Å². The number of nitrogens with one attached hydrogen (secondary N) is 1.